The highest BCUT2D eigenvalue weighted by Crippen LogP contribution is 2.36. The second kappa shape index (κ2) is 5.49. The number of amides is 1. The summed E-state index contributed by atoms with van der Waals surface area (Å²) in [5.74, 6) is -0.606. The molecule has 0 radical (unpaired) electrons. The van der Waals surface area contributed by atoms with Gasteiger partial charge in [-0.2, -0.15) is 0 Å². The Bertz CT molecular complexity index is 891. The van der Waals surface area contributed by atoms with Gasteiger partial charge in [0.15, 0.2) is 0 Å². The van der Waals surface area contributed by atoms with Gasteiger partial charge in [-0.05, 0) is 18.2 Å². The molecule has 110 valence electrons. The SMILES string of the molecule is NC(=O)c1[nH]c2cccnc2c1Sc1cccc([N+](=O)[O-])c1. The Morgan fingerprint density at radius 2 is 2.14 bits per heavy atom. The number of carbonyl (C=O) groups is 1. The number of nitro benzene ring substituents is 1. The van der Waals surface area contributed by atoms with E-state index in [4.69, 9.17) is 5.73 Å². The van der Waals surface area contributed by atoms with E-state index in [2.05, 4.69) is 9.97 Å². The first kappa shape index (κ1) is 14.1. The van der Waals surface area contributed by atoms with Crippen molar-refractivity contribution in [1.82, 2.24) is 9.97 Å². The number of primary amides is 1. The van der Waals surface area contributed by atoms with Crippen molar-refractivity contribution in [2.45, 2.75) is 9.79 Å². The highest BCUT2D eigenvalue weighted by molar-refractivity contribution is 7.99. The quantitative estimate of drug-likeness (QED) is 0.567. The number of hydrogen-bond donors (Lipinski definition) is 2. The van der Waals surface area contributed by atoms with Gasteiger partial charge in [0.2, 0.25) is 0 Å². The summed E-state index contributed by atoms with van der Waals surface area (Å²) in [5.41, 5.74) is 6.91. The van der Waals surface area contributed by atoms with Gasteiger partial charge in [-0.1, -0.05) is 17.8 Å². The van der Waals surface area contributed by atoms with Crippen molar-refractivity contribution in [2.75, 3.05) is 0 Å². The molecule has 0 aliphatic heterocycles. The van der Waals surface area contributed by atoms with Crippen molar-refractivity contribution in [2.24, 2.45) is 5.73 Å². The second-order valence-corrected chi connectivity index (χ2v) is 5.53. The molecule has 0 bridgehead atoms. The number of fused-ring (bicyclic) bond motifs is 1. The van der Waals surface area contributed by atoms with Gasteiger partial charge in [0.05, 0.1) is 15.3 Å². The fourth-order valence-electron chi connectivity index (χ4n) is 2.05. The topological polar surface area (TPSA) is 115 Å². The van der Waals surface area contributed by atoms with Crippen LogP contribution in [-0.4, -0.2) is 20.8 Å². The minimum absolute atomic E-state index is 0.0153. The van der Waals surface area contributed by atoms with Crippen molar-refractivity contribution in [3.8, 4) is 0 Å². The summed E-state index contributed by atoms with van der Waals surface area (Å²) in [5, 5.41) is 10.8. The molecule has 0 aliphatic carbocycles. The fraction of sp³-hybridized carbons (Fsp3) is 0. The van der Waals surface area contributed by atoms with Crippen LogP contribution in [0.4, 0.5) is 5.69 Å². The number of hydrogen-bond acceptors (Lipinski definition) is 5. The normalized spacial score (nSPS) is 10.7. The highest BCUT2D eigenvalue weighted by atomic mass is 32.2. The summed E-state index contributed by atoms with van der Waals surface area (Å²) in [6.07, 6.45) is 1.61. The van der Waals surface area contributed by atoms with Crippen LogP contribution in [-0.2, 0) is 0 Å². The molecule has 1 amide bonds. The Hall–Kier alpha value is -2.87. The minimum Gasteiger partial charge on any atom is -0.364 e. The molecule has 2 heterocycles. The lowest BCUT2D eigenvalue weighted by Gasteiger charge is -2.02. The standard InChI is InChI=1S/C14H10N4O3S/c15-14(19)12-13(11-10(17-12)5-2-6-16-11)22-9-4-1-3-8(7-9)18(20)21/h1-7,17H,(H2,15,19). The van der Waals surface area contributed by atoms with Gasteiger partial charge in [0.1, 0.15) is 11.2 Å². The maximum atomic E-state index is 11.6. The van der Waals surface area contributed by atoms with Crippen LogP contribution in [0.15, 0.2) is 52.4 Å². The lowest BCUT2D eigenvalue weighted by atomic mass is 10.3. The first-order valence-electron chi connectivity index (χ1n) is 6.25. The molecular formula is C14H10N4O3S. The van der Waals surface area contributed by atoms with Crippen LogP contribution in [0.1, 0.15) is 10.5 Å². The van der Waals surface area contributed by atoms with Crippen LogP contribution in [0.3, 0.4) is 0 Å². The molecule has 1 aromatic carbocycles. The third kappa shape index (κ3) is 2.51. The summed E-state index contributed by atoms with van der Waals surface area (Å²) < 4.78 is 0. The van der Waals surface area contributed by atoms with Gasteiger partial charge >= 0.3 is 0 Å². The number of non-ortho nitro benzene ring substituents is 1. The zero-order valence-corrected chi connectivity index (χ0v) is 12.0. The molecule has 3 aromatic rings. The number of pyridine rings is 1. The maximum Gasteiger partial charge on any atom is 0.270 e. The molecule has 0 spiro atoms. The van der Waals surface area contributed by atoms with Crippen molar-refractivity contribution in [3.05, 3.63) is 58.4 Å². The van der Waals surface area contributed by atoms with Crippen molar-refractivity contribution < 1.29 is 9.72 Å². The van der Waals surface area contributed by atoms with Gasteiger partial charge in [-0.3, -0.25) is 19.9 Å². The summed E-state index contributed by atoms with van der Waals surface area (Å²) in [6.45, 7) is 0. The summed E-state index contributed by atoms with van der Waals surface area (Å²) in [6, 6.07) is 9.69. The number of aromatic amines is 1. The van der Waals surface area contributed by atoms with E-state index in [0.717, 1.165) is 0 Å². The Morgan fingerprint density at radius 3 is 2.86 bits per heavy atom. The number of nitrogens with two attached hydrogens (primary N) is 1. The van der Waals surface area contributed by atoms with Gasteiger partial charge in [-0.25, -0.2) is 0 Å². The lowest BCUT2D eigenvalue weighted by Crippen LogP contribution is -2.12. The molecule has 22 heavy (non-hydrogen) atoms. The van der Waals surface area contributed by atoms with Gasteiger partial charge < -0.3 is 10.7 Å². The monoisotopic (exact) mass is 314 g/mol. The molecular weight excluding hydrogens is 304 g/mol. The highest BCUT2D eigenvalue weighted by Gasteiger charge is 2.18. The maximum absolute atomic E-state index is 11.6. The molecule has 7 nitrogen and oxygen atoms in total. The number of aromatic nitrogens is 2. The fourth-order valence-corrected chi connectivity index (χ4v) is 3.12. The van der Waals surface area contributed by atoms with Gasteiger partial charge in [0, 0.05) is 23.2 Å². The number of rotatable bonds is 4. The third-order valence-electron chi connectivity index (χ3n) is 3.00. The van der Waals surface area contributed by atoms with Crippen molar-refractivity contribution in [1.29, 1.82) is 0 Å². The molecule has 3 rings (SSSR count). The molecule has 2 aromatic heterocycles. The Kier molecular flexibility index (Phi) is 3.51. The number of nitro groups is 1. The number of nitrogens with one attached hydrogen (secondary N) is 1. The predicted molar refractivity (Wildman–Crippen MR) is 81.8 cm³/mol. The van der Waals surface area contributed by atoms with Crippen LogP contribution in [0.25, 0.3) is 11.0 Å². The first-order chi connectivity index (χ1) is 10.6. The lowest BCUT2D eigenvalue weighted by molar-refractivity contribution is -0.385. The van der Waals surface area contributed by atoms with Crippen molar-refractivity contribution in [3.63, 3.8) is 0 Å². The number of carbonyl (C=O) groups excluding carboxylic acids is 1. The molecule has 0 saturated heterocycles. The molecule has 0 atom stereocenters. The van der Waals surface area contributed by atoms with Crippen molar-refractivity contribution >= 4 is 34.4 Å². The summed E-state index contributed by atoms with van der Waals surface area (Å²) >= 11 is 1.21. The van der Waals surface area contributed by atoms with Gasteiger partial charge in [0.25, 0.3) is 11.6 Å². The second-order valence-electron chi connectivity index (χ2n) is 4.45. The zero-order valence-electron chi connectivity index (χ0n) is 11.1. The van der Waals surface area contributed by atoms with E-state index in [1.165, 1.54) is 23.9 Å². The van der Waals surface area contributed by atoms with E-state index in [0.29, 0.717) is 20.8 Å². The van der Waals surface area contributed by atoms with Crippen LogP contribution in [0, 0.1) is 10.1 Å². The largest absolute Gasteiger partial charge is 0.364 e. The smallest absolute Gasteiger partial charge is 0.270 e. The molecule has 0 fully saturated rings. The van der Waals surface area contributed by atoms with E-state index < -0.39 is 10.8 Å². The average molecular weight is 314 g/mol. The number of H-pyrrole nitrogens is 1. The Balaban J connectivity index is 2.10. The van der Waals surface area contributed by atoms with Crippen LogP contribution >= 0.6 is 11.8 Å². The summed E-state index contributed by atoms with van der Waals surface area (Å²) in [7, 11) is 0. The number of nitrogens with zero attached hydrogens (tertiary/aromatic N) is 2. The first-order valence-corrected chi connectivity index (χ1v) is 7.06. The number of benzene rings is 1. The molecule has 0 unspecified atom stereocenters. The zero-order chi connectivity index (χ0) is 15.7. The Morgan fingerprint density at radius 1 is 1.32 bits per heavy atom. The van der Waals surface area contributed by atoms with E-state index >= 15 is 0 Å². The van der Waals surface area contributed by atoms with Gasteiger partial charge in [-0.15, -0.1) is 0 Å². The average Bonchev–Trinajstić information content (AvgIpc) is 2.87. The van der Waals surface area contributed by atoms with E-state index in [-0.39, 0.29) is 11.4 Å². The minimum atomic E-state index is -0.606. The van der Waals surface area contributed by atoms with Crippen LogP contribution in [0.2, 0.25) is 0 Å². The molecule has 3 N–H and O–H groups in total. The van der Waals surface area contributed by atoms with Crippen LogP contribution in [0.5, 0.6) is 0 Å². The van der Waals surface area contributed by atoms with E-state index in [1.807, 2.05) is 0 Å². The van der Waals surface area contributed by atoms with E-state index in [9.17, 15) is 14.9 Å². The molecule has 0 aliphatic rings. The molecule has 0 saturated carbocycles. The molecule has 8 heteroatoms. The van der Waals surface area contributed by atoms with E-state index in [1.54, 1.807) is 30.5 Å². The Labute approximate surface area is 128 Å². The van der Waals surface area contributed by atoms with Crippen LogP contribution < -0.4 is 5.73 Å². The predicted octanol–water partition coefficient (Wildman–Crippen LogP) is 2.72. The summed E-state index contributed by atoms with van der Waals surface area (Å²) in [4.78, 5) is 30.3. The third-order valence-corrected chi connectivity index (χ3v) is 4.10.